The molecular weight excluding hydrogens is 519 g/mol. The van der Waals surface area contributed by atoms with Crippen molar-refractivity contribution in [3.63, 3.8) is 0 Å². The average molecular weight is 553 g/mol. The molecule has 0 aliphatic carbocycles. The van der Waals surface area contributed by atoms with Gasteiger partial charge in [-0.2, -0.15) is 0 Å². The largest absolute Gasteiger partial charge is 0.493 e. The van der Waals surface area contributed by atoms with Crippen LogP contribution in [0.2, 0.25) is 0 Å². The van der Waals surface area contributed by atoms with E-state index in [1.165, 1.54) is 12.1 Å². The van der Waals surface area contributed by atoms with E-state index in [2.05, 4.69) is 18.4 Å². The number of hydrogen-bond acceptors (Lipinski definition) is 7. The van der Waals surface area contributed by atoms with Gasteiger partial charge in [0.25, 0.3) is 0 Å². The van der Waals surface area contributed by atoms with Crippen LogP contribution in [0.5, 0.6) is 28.7 Å². The SMILES string of the molecule is COc1ccc(OCCSc2ncc(C(C)(C)c3ccc(OC)c(OC)c3)n2-c2ccc(F)cc2)cc1OC. The highest BCUT2D eigenvalue weighted by Gasteiger charge is 2.30. The Kier molecular flexibility index (Phi) is 8.91. The Morgan fingerprint density at radius 3 is 2.05 bits per heavy atom. The van der Waals surface area contributed by atoms with Crippen molar-refractivity contribution < 1.29 is 28.1 Å². The number of methoxy groups -OCH3 is 4. The highest BCUT2D eigenvalue weighted by atomic mass is 32.2. The van der Waals surface area contributed by atoms with Gasteiger partial charge in [-0.1, -0.05) is 31.7 Å². The van der Waals surface area contributed by atoms with Crippen LogP contribution in [0.4, 0.5) is 4.39 Å². The summed E-state index contributed by atoms with van der Waals surface area (Å²) in [5.74, 6) is 3.60. The number of thioether (sulfide) groups is 1. The van der Waals surface area contributed by atoms with E-state index in [0.29, 0.717) is 41.1 Å². The van der Waals surface area contributed by atoms with Crippen molar-refractivity contribution in [3.05, 3.63) is 83.9 Å². The first-order valence-electron chi connectivity index (χ1n) is 12.4. The van der Waals surface area contributed by atoms with Crippen LogP contribution in [0.15, 0.2) is 72.0 Å². The second kappa shape index (κ2) is 12.3. The minimum absolute atomic E-state index is 0.294. The lowest BCUT2D eigenvalue weighted by atomic mass is 9.81. The number of imidazole rings is 1. The van der Waals surface area contributed by atoms with E-state index in [9.17, 15) is 4.39 Å². The summed E-state index contributed by atoms with van der Waals surface area (Å²) in [6.45, 7) is 4.70. The van der Waals surface area contributed by atoms with Crippen molar-refractivity contribution in [2.45, 2.75) is 24.4 Å². The summed E-state index contributed by atoms with van der Waals surface area (Å²) in [4.78, 5) is 4.76. The van der Waals surface area contributed by atoms with E-state index in [1.807, 2.05) is 36.5 Å². The first kappa shape index (κ1) is 28.2. The molecule has 4 aromatic rings. The van der Waals surface area contributed by atoms with E-state index in [0.717, 1.165) is 22.1 Å². The molecule has 1 heterocycles. The molecule has 0 unspecified atom stereocenters. The Hall–Kier alpha value is -3.85. The Balaban J connectivity index is 1.60. The number of aromatic nitrogens is 2. The summed E-state index contributed by atoms with van der Waals surface area (Å²) in [5.41, 5.74) is 2.33. The fourth-order valence-electron chi connectivity index (χ4n) is 4.29. The summed E-state index contributed by atoms with van der Waals surface area (Å²) < 4.78 is 43.4. The standard InChI is InChI=1S/C30H33FN2O5S/c1-30(2,20-7-13-24(34-3)26(17-20)36-5)28-19-32-29(33(28)22-10-8-21(31)9-11-22)39-16-15-38-23-12-14-25(35-4)27(18-23)37-6/h7-14,17-19H,15-16H2,1-6H3. The van der Waals surface area contributed by atoms with Gasteiger partial charge in [-0.05, 0) is 54.1 Å². The van der Waals surface area contributed by atoms with Crippen molar-refractivity contribution >= 4 is 11.8 Å². The first-order chi connectivity index (χ1) is 18.8. The molecule has 0 aliphatic heterocycles. The third-order valence-corrected chi connectivity index (χ3v) is 7.42. The minimum atomic E-state index is -0.462. The maximum absolute atomic E-state index is 13.8. The molecule has 0 radical (unpaired) electrons. The van der Waals surface area contributed by atoms with Crippen LogP contribution in [-0.4, -0.2) is 50.4 Å². The van der Waals surface area contributed by atoms with Gasteiger partial charge in [0.1, 0.15) is 11.6 Å². The van der Waals surface area contributed by atoms with Gasteiger partial charge in [-0.15, -0.1) is 0 Å². The minimum Gasteiger partial charge on any atom is -0.493 e. The average Bonchev–Trinajstić information content (AvgIpc) is 3.39. The summed E-state index contributed by atoms with van der Waals surface area (Å²) in [7, 11) is 6.42. The number of hydrogen-bond donors (Lipinski definition) is 0. The number of halogens is 1. The molecule has 0 bridgehead atoms. The number of ether oxygens (including phenoxy) is 5. The first-order valence-corrected chi connectivity index (χ1v) is 13.3. The maximum atomic E-state index is 13.8. The van der Waals surface area contributed by atoms with Gasteiger partial charge in [0.15, 0.2) is 28.2 Å². The van der Waals surface area contributed by atoms with E-state index in [-0.39, 0.29) is 5.82 Å². The molecule has 0 amide bonds. The van der Waals surface area contributed by atoms with Gasteiger partial charge in [0.05, 0.1) is 46.9 Å². The Bertz CT molecular complexity index is 1410. The van der Waals surface area contributed by atoms with Crippen LogP contribution in [0, 0.1) is 5.82 Å². The molecule has 0 spiro atoms. The van der Waals surface area contributed by atoms with Crippen LogP contribution >= 0.6 is 11.8 Å². The predicted molar refractivity (Wildman–Crippen MR) is 151 cm³/mol. The zero-order chi connectivity index (χ0) is 28.0. The smallest absolute Gasteiger partial charge is 0.172 e. The van der Waals surface area contributed by atoms with Crippen molar-refractivity contribution in [1.29, 1.82) is 0 Å². The van der Waals surface area contributed by atoms with Crippen molar-refractivity contribution in [3.8, 4) is 34.4 Å². The number of nitrogens with zero attached hydrogens (tertiary/aromatic N) is 2. The molecule has 0 saturated heterocycles. The molecule has 0 aliphatic rings. The fourth-order valence-corrected chi connectivity index (χ4v) is 5.10. The normalized spacial score (nSPS) is 11.3. The molecule has 0 saturated carbocycles. The van der Waals surface area contributed by atoms with Gasteiger partial charge in [0, 0.05) is 22.9 Å². The topological polar surface area (TPSA) is 64.0 Å². The summed E-state index contributed by atoms with van der Waals surface area (Å²) in [5, 5.41) is 0.779. The zero-order valence-electron chi connectivity index (χ0n) is 23.0. The summed E-state index contributed by atoms with van der Waals surface area (Å²) >= 11 is 1.56. The van der Waals surface area contributed by atoms with Gasteiger partial charge in [-0.3, -0.25) is 4.57 Å². The Morgan fingerprint density at radius 2 is 1.41 bits per heavy atom. The molecule has 9 heteroatoms. The highest BCUT2D eigenvalue weighted by molar-refractivity contribution is 7.99. The monoisotopic (exact) mass is 552 g/mol. The molecule has 0 N–H and O–H groups in total. The molecule has 39 heavy (non-hydrogen) atoms. The maximum Gasteiger partial charge on any atom is 0.172 e. The predicted octanol–water partition coefficient (Wildman–Crippen LogP) is 6.54. The van der Waals surface area contributed by atoms with E-state index in [4.69, 9.17) is 28.7 Å². The second-order valence-electron chi connectivity index (χ2n) is 9.15. The second-order valence-corrected chi connectivity index (χ2v) is 10.2. The molecular formula is C30H33FN2O5S. The molecule has 7 nitrogen and oxygen atoms in total. The van der Waals surface area contributed by atoms with Crippen LogP contribution in [-0.2, 0) is 5.41 Å². The zero-order valence-corrected chi connectivity index (χ0v) is 23.8. The Labute approximate surface area is 232 Å². The third kappa shape index (κ3) is 6.09. The molecule has 3 aromatic carbocycles. The van der Waals surface area contributed by atoms with Gasteiger partial charge >= 0.3 is 0 Å². The molecule has 0 atom stereocenters. The fraction of sp³-hybridized carbons (Fsp3) is 0.300. The molecule has 206 valence electrons. The van der Waals surface area contributed by atoms with Crippen LogP contribution in [0.1, 0.15) is 25.1 Å². The van der Waals surface area contributed by atoms with E-state index < -0.39 is 5.41 Å². The highest BCUT2D eigenvalue weighted by Crippen LogP contribution is 2.39. The number of rotatable bonds is 12. The lowest BCUT2D eigenvalue weighted by molar-refractivity contribution is 0.330. The number of benzene rings is 3. The van der Waals surface area contributed by atoms with E-state index in [1.54, 1.807) is 58.4 Å². The Morgan fingerprint density at radius 1 is 0.795 bits per heavy atom. The summed E-state index contributed by atoms with van der Waals surface area (Å²) in [6, 6.07) is 17.8. The van der Waals surface area contributed by atoms with Crippen LogP contribution < -0.4 is 23.7 Å². The summed E-state index contributed by atoms with van der Waals surface area (Å²) in [6.07, 6.45) is 1.87. The molecule has 0 fully saturated rings. The third-order valence-electron chi connectivity index (χ3n) is 6.50. The lowest BCUT2D eigenvalue weighted by Crippen LogP contribution is -2.23. The molecule has 1 aromatic heterocycles. The van der Waals surface area contributed by atoms with Gasteiger partial charge in [-0.25, -0.2) is 9.37 Å². The van der Waals surface area contributed by atoms with Crippen molar-refractivity contribution in [2.24, 2.45) is 0 Å². The molecule has 4 rings (SSSR count). The van der Waals surface area contributed by atoms with Crippen molar-refractivity contribution in [1.82, 2.24) is 9.55 Å². The lowest BCUT2D eigenvalue weighted by Gasteiger charge is -2.28. The quantitative estimate of drug-likeness (QED) is 0.146. The van der Waals surface area contributed by atoms with Gasteiger partial charge < -0.3 is 23.7 Å². The van der Waals surface area contributed by atoms with Crippen molar-refractivity contribution in [2.75, 3.05) is 40.8 Å². The van der Waals surface area contributed by atoms with Gasteiger partial charge in [0.2, 0.25) is 0 Å². The van der Waals surface area contributed by atoms with Crippen LogP contribution in [0.3, 0.4) is 0 Å². The van der Waals surface area contributed by atoms with E-state index >= 15 is 0 Å². The van der Waals surface area contributed by atoms with Crippen LogP contribution in [0.25, 0.3) is 5.69 Å².